The van der Waals surface area contributed by atoms with Crippen LogP contribution in [0.4, 0.5) is 0 Å². The number of aromatic nitrogens is 2. The molecule has 2 rings (SSSR count). The van der Waals surface area contributed by atoms with E-state index in [1.54, 1.807) is 0 Å². The average molecular weight is 386 g/mol. The van der Waals surface area contributed by atoms with Gasteiger partial charge in [0.15, 0.2) is 5.96 Å². The second-order valence-electron chi connectivity index (χ2n) is 6.88. The maximum absolute atomic E-state index is 11.7. The highest BCUT2D eigenvalue weighted by Crippen LogP contribution is 2.17. The molecular weight excluding hydrogens is 354 g/mol. The maximum atomic E-state index is 11.7. The Morgan fingerprint density at radius 3 is 2.64 bits per heavy atom. The van der Waals surface area contributed by atoms with Gasteiger partial charge in [0.2, 0.25) is 0 Å². The van der Waals surface area contributed by atoms with Gasteiger partial charge in [-0.1, -0.05) is 18.2 Å². The highest BCUT2D eigenvalue weighted by Gasteiger charge is 2.09. The number of nitrogens with zero attached hydrogens (tertiary/aromatic N) is 3. The van der Waals surface area contributed by atoms with E-state index in [2.05, 4.69) is 32.9 Å². The van der Waals surface area contributed by atoms with Crippen LogP contribution in [0.15, 0.2) is 35.3 Å². The Morgan fingerprint density at radius 1 is 1.25 bits per heavy atom. The number of esters is 1. The van der Waals surface area contributed by atoms with Crippen LogP contribution in [0.25, 0.3) is 5.69 Å². The molecule has 0 atom stereocenters. The first-order valence-electron chi connectivity index (χ1n) is 9.74. The van der Waals surface area contributed by atoms with Gasteiger partial charge < -0.3 is 15.4 Å². The molecule has 0 bridgehead atoms. The molecule has 0 spiro atoms. The van der Waals surface area contributed by atoms with E-state index in [9.17, 15) is 4.79 Å². The number of hydrogen-bond acceptors (Lipinski definition) is 4. The third-order valence-corrected chi connectivity index (χ3v) is 3.97. The van der Waals surface area contributed by atoms with Crippen molar-refractivity contribution in [3.63, 3.8) is 0 Å². The van der Waals surface area contributed by atoms with Crippen LogP contribution in [0.3, 0.4) is 0 Å². The molecule has 2 aromatic rings. The lowest BCUT2D eigenvalue weighted by molar-refractivity contribution is -0.147. The molecule has 0 aliphatic heterocycles. The Kier molecular flexibility index (Phi) is 8.04. The Bertz CT molecular complexity index is 811. The highest BCUT2D eigenvalue weighted by molar-refractivity contribution is 5.80. The molecule has 152 valence electrons. The monoisotopic (exact) mass is 385 g/mol. The third kappa shape index (κ3) is 6.40. The average Bonchev–Trinajstić information content (AvgIpc) is 2.97. The van der Waals surface area contributed by atoms with Crippen molar-refractivity contribution in [3.05, 3.63) is 47.3 Å². The molecule has 0 fully saturated rings. The quantitative estimate of drug-likeness (QED) is 0.415. The second-order valence-corrected chi connectivity index (χ2v) is 6.88. The summed E-state index contributed by atoms with van der Waals surface area (Å²) >= 11 is 0. The zero-order valence-corrected chi connectivity index (χ0v) is 17.5. The van der Waals surface area contributed by atoms with Crippen LogP contribution in [0.5, 0.6) is 0 Å². The molecule has 0 aliphatic carbocycles. The van der Waals surface area contributed by atoms with Crippen molar-refractivity contribution in [1.82, 2.24) is 20.4 Å². The van der Waals surface area contributed by atoms with Crippen LogP contribution in [-0.2, 0) is 16.1 Å². The van der Waals surface area contributed by atoms with Crippen molar-refractivity contribution in [1.29, 1.82) is 0 Å². The lowest BCUT2D eigenvalue weighted by Crippen LogP contribution is -2.38. The predicted octanol–water partition coefficient (Wildman–Crippen LogP) is 2.89. The number of hydrogen-bond donors (Lipinski definition) is 2. The van der Waals surface area contributed by atoms with Crippen molar-refractivity contribution in [3.8, 4) is 5.69 Å². The maximum Gasteiger partial charge on any atom is 0.307 e. The molecule has 0 amide bonds. The number of benzene rings is 1. The molecule has 2 N–H and O–H groups in total. The third-order valence-electron chi connectivity index (χ3n) is 3.97. The number of nitrogens with one attached hydrogen (secondary N) is 2. The summed E-state index contributed by atoms with van der Waals surface area (Å²) in [5, 5.41) is 11.0. The molecule has 1 aromatic carbocycles. The summed E-state index contributed by atoms with van der Waals surface area (Å²) in [6, 6.07) is 10.2. The van der Waals surface area contributed by atoms with E-state index in [-0.39, 0.29) is 12.1 Å². The van der Waals surface area contributed by atoms with Crippen molar-refractivity contribution in [2.75, 3.05) is 13.1 Å². The van der Waals surface area contributed by atoms with Crippen LogP contribution < -0.4 is 10.6 Å². The molecule has 0 radical (unpaired) electrons. The SMILES string of the molecule is CCNC(=NCc1ccccc1-n1nc(C)cc1C)NCCC(=O)OC(C)C. The number of rotatable bonds is 8. The van der Waals surface area contributed by atoms with Gasteiger partial charge >= 0.3 is 5.97 Å². The first-order chi connectivity index (χ1) is 13.4. The number of carbonyl (C=O) groups excluding carboxylic acids is 1. The largest absolute Gasteiger partial charge is 0.463 e. The van der Waals surface area contributed by atoms with Crippen LogP contribution in [0.2, 0.25) is 0 Å². The Labute approximate surface area is 167 Å². The lowest BCUT2D eigenvalue weighted by atomic mass is 10.2. The minimum Gasteiger partial charge on any atom is -0.463 e. The van der Waals surface area contributed by atoms with Crippen LogP contribution >= 0.6 is 0 Å². The number of guanidine groups is 1. The van der Waals surface area contributed by atoms with E-state index in [1.165, 1.54) is 0 Å². The van der Waals surface area contributed by atoms with E-state index in [4.69, 9.17) is 4.74 Å². The highest BCUT2D eigenvalue weighted by atomic mass is 16.5. The first kappa shape index (κ1) is 21.5. The molecule has 7 nitrogen and oxygen atoms in total. The lowest BCUT2D eigenvalue weighted by Gasteiger charge is -2.13. The van der Waals surface area contributed by atoms with E-state index < -0.39 is 0 Å². The fraction of sp³-hybridized carbons (Fsp3) is 0.476. The smallest absolute Gasteiger partial charge is 0.307 e. The van der Waals surface area contributed by atoms with Gasteiger partial charge in [-0.25, -0.2) is 9.67 Å². The van der Waals surface area contributed by atoms with Crippen molar-refractivity contribution >= 4 is 11.9 Å². The predicted molar refractivity (Wildman–Crippen MR) is 112 cm³/mol. The summed E-state index contributed by atoms with van der Waals surface area (Å²) in [5.74, 6) is 0.455. The fourth-order valence-electron chi connectivity index (χ4n) is 2.83. The molecule has 7 heteroatoms. The zero-order chi connectivity index (χ0) is 20.5. The molecular formula is C21H31N5O2. The van der Waals surface area contributed by atoms with Gasteiger partial charge in [0, 0.05) is 18.8 Å². The van der Waals surface area contributed by atoms with Crippen LogP contribution in [0, 0.1) is 13.8 Å². The molecule has 0 saturated heterocycles. The van der Waals surface area contributed by atoms with Gasteiger partial charge in [0.25, 0.3) is 0 Å². The van der Waals surface area contributed by atoms with Gasteiger partial charge in [-0.2, -0.15) is 5.10 Å². The minimum absolute atomic E-state index is 0.0969. The summed E-state index contributed by atoms with van der Waals surface area (Å²) < 4.78 is 7.10. The normalized spacial score (nSPS) is 11.6. The van der Waals surface area contributed by atoms with Crippen LogP contribution in [-0.4, -0.2) is 40.9 Å². The van der Waals surface area contributed by atoms with E-state index in [0.29, 0.717) is 25.5 Å². The molecule has 1 aromatic heterocycles. The number of ether oxygens (including phenoxy) is 1. The van der Waals surface area contributed by atoms with E-state index >= 15 is 0 Å². The van der Waals surface area contributed by atoms with E-state index in [0.717, 1.165) is 29.2 Å². The summed E-state index contributed by atoms with van der Waals surface area (Å²) in [7, 11) is 0. The summed E-state index contributed by atoms with van der Waals surface area (Å²) in [5.41, 5.74) is 4.17. The number of aliphatic imine (C=N–C) groups is 1. The second kappa shape index (κ2) is 10.5. The van der Waals surface area contributed by atoms with E-state index in [1.807, 2.05) is 57.5 Å². The Balaban J connectivity index is 2.07. The van der Waals surface area contributed by atoms with Crippen LogP contribution in [0.1, 0.15) is 44.1 Å². The molecule has 1 heterocycles. The van der Waals surface area contributed by atoms with Gasteiger partial charge in [-0.3, -0.25) is 4.79 Å². The first-order valence-corrected chi connectivity index (χ1v) is 9.74. The van der Waals surface area contributed by atoms with Crippen molar-refractivity contribution in [2.45, 2.75) is 53.7 Å². The Morgan fingerprint density at radius 2 is 2.00 bits per heavy atom. The molecule has 28 heavy (non-hydrogen) atoms. The fourth-order valence-corrected chi connectivity index (χ4v) is 2.83. The number of carbonyl (C=O) groups is 1. The van der Waals surface area contributed by atoms with Crippen molar-refractivity contribution < 1.29 is 9.53 Å². The van der Waals surface area contributed by atoms with Gasteiger partial charge in [-0.05, 0) is 52.3 Å². The zero-order valence-electron chi connectivity index (χ0n) is 17.5. The standard InChI is InChI=1S/C21H31N5O2/c1-6-22-21(23-12-11-20(27)28-15(2)3)24-14-18-9-7-8-10-19(18)26-17(5)13-16(4)25-26/h7-10,13,15H,6,11-12,14H2,1-5H3,(H2,22,23,24). The summed E-state index contributed by atoms with van der Waals surface area (Å²) in [6.45, 7) is 11.4. The molecule has 0 unspecified atom stereocenters. The molecule has 0 saturated carbocycles. The van der Waals surface area contributed by atoms with Gasteiger partial charge in [0.05, 0.1) is 30.5 Å². The Hall–Kier alpha value is -2.83. The van der Waals surface area contributed by atoms with Gasteiger partial charge in [0.1, 0.15) is 0 Å². The van der Waals surface area contributed by atoms with Crippen molar-refractivity contribution in [2.24, 2.45) is 4.99 Å². The topological polar surface area (TPSA) is 80.5 Å². The van der Waals surface area contributed by atoms with Gasteiger partial charge in [-0.15, -0.1) is 0 Å². The number of para-hydroxylation sites is 1. The number of aryl methyl sites for hydroxylation is 2. The summed E-state index contributed by atoms with van der Waals surface area (Å²) in [4.78, 5) is 16.3. The molecule has 0 aliphatic rings. The summed E-state index contributed by atoms with van der Waals surface area (Å²) in [6.07, 6.45) is 0.200. The minimum atomic E-state index is -0.215.